The van der Waals surface area contributed by atoms with Gasteiger partial charge in [0.05, 0.1) is 5.69 Å². The Morgan fingerprint density at radius 1 is 1.04 bits per heavy atom. The van der Waals surface area contributed by atoms with E-state index in [2.05, 4.69) is 9.82 Å². The number of halogens is 2. The summed E-state index contributed by atoms with van der Waals surface area (Å²) in [5.74, 6) is -2.83. The van der Waals surface area contributed by atoms with E-state index in [4.69, 9.17) is 9.88 Å². The summed E-state index contributed by atoms with van der Waals surface area (Å²) in [5.41, 5.74) is 0.844. The van der Waals surface area contributed by atoms with Crippen LogP contribution in [0, 0.1) is 16.8 Å². The van der Waals surface area contributed by atoms with Crippen LogP contribution >= 0.6 is 0 Å². The molecule has 0 atom stereocenters. The number of hydrogen-bond donors (Lipinski definition) is 2. The van der Waals surface area contributed by atoms with Crippen LogP contribution in [0.15, 0.2) is 58.6 Å². The van der Waals surface area contributed by atoms with Crippen LogP contribution in [0.3, 0.4) is 0 Å². The molecule has 0 aliphatic heterocycles. The van der Waals surface area contributed by atoms with E-state index in [9.17, 15) is 26.4 Å². The maximum Gasteiger partial charge on any atom is 0.244 e. The number of aromatic nitrogens is 3. The summed E-state index contributed by atoms with van der Waals surface area (Å²) in [7, 11) is -8.86. The first-order chi connectivity index (χ1) is 22.4. The molecule has 0 unspecified atom stereocenters. The Labute approximate surface area is 272 Å². The molecule has 0 saturated heterocycles. The summed E-state index contributed by atoms with van der Waals surface area (Å²) >= 11 is 0. The molecule has 2 aromatic heterocycles. The molecule has 2 aliphatic carbocycles. The first-order valence-electron chi connectivity index (χ1n) is 15.6. The smallest absolute Gasteiger partial charge is 0.244 e. The molecule has 250 valence electrons. The molecule has 47 heavy (non-hydrogen) atoms. The fraction of sp³-hybridized carbons (Fsp3) is 0.375. The van der Waals surface area contributed by atoms with E-state index in [1.807, 2.05) is 0 Å². The quantitative estimate of drug-likeness (QED) is 0.183. The van der Waals surface area contributed by atoms with Gasteiger partial charge in [0, 0.05) is 60.1 Å². The van der Waals surface area contributed by atoms with Gasteiger partial charge < -0.3 is 9.94 Å². The lowest BCUT2D eigenvalue weighted by Crippen LogP contribution is -2.44. The molecule has 2 heterocycles. The first kappa shape index (κ1) is 33.0. The standard InChI is InChI=1S/C32H35F2N5O6S2/c1-2-37-47(43,44)29-18-23(28(19-26(29)38-16-8-15-36-38)45-27-14-13-21(33)17-24(27)34)30-22-11-6-7-12-25(22)39(40)31(32(30)46(35,41)42)20-9-4-3-5-10-20/h8,13-20,37H,2-7,9-12H2,1H3,(H2,35,41,42). The van der Waals surface area contributed by atoms with Crippen molar-refractivity contribution in [1.82, 2.24) is 14.5 Å². The Morgan fingerprint density at radius 2 is 1.79 bits per heavy atom. The summed E-state index contributed by atoms with van der Waals surface area (Å²) in [6, 6.07) is 6.85. The number of sulfonamides is 2. The zero-order valence-electron chi connectivity index (χ0n) is 25.7. The topological polar surface area (TPSA) is 160 Å². The molecule has 1 fully saturated rings. The summed E-state index contributed by atoms with van der Waals surface area (Å²) < 4.78 is 94.3. The van der Waals surface area contributed by atoms with E-state index in [-0.39, 0.29) is 39.7 Å². The van der Waals surface area contributed by atoms with Crippen LogP contribution in [0.5, 0.6) is 11.5 Å². The number of primary sulfonamides is 1. The van der Waals surface area contributed by atoms with Crippen LogP contribution in [0.1, 0.15) is 74.7 Å². The van der Waals surface area contributed by atoms with Gasteiger partial charge in [-0.15, -0.1) is 0 Å². The predicted octanol–water partition coefficient (Wildman–Crippen LogP) is 5.12. The third-order valence-electron chi connectivity index (χ3n) is 8.76. The van der Waals surface area contributed by atoms with E-state index >= 15 is 4.39 Å². The second-order valence-corrected chi connectivity index (χ2v) is 15.1. The average molecular weight is 688 g/mol. The van der Waals surface area contributed by atoms with Crippen molar-refractivity contribution in [3.63, 3.8) is 0 Å². The molecule has 1 saturated carbocycles. The number of nitrogens with one attached hydrogen (secondary N) is 1. The highest BCUT2D eigenvalue weighted by atomic mass is 32.2. The molecule has 11 nitrogen and oxygen atoms in total. The molecule has 0 radical (unpaired) electrons. The van der Waals surface area contributed by atoms with E-state index in [0.717, 1.165) is 36.1 Å². The van der Waals surface area contributed by atoms with Crippen molar-refractivity contribution in [2.45, 2.75) is 80.4 Å². The molecule has 15 heteroatoms. The first-order valence-corrected chi connectivity index (χ1v) is 18.6. The molecular weight excluding hydrogens is 653 g/mol. The summed E-state index contributed by atoms with van der Waals surface area (Å²) in [6.45, 7) is 1.65. The van der Waals surface area contributed by atoms with E-state index in [0.29, 0.717) is 55.8 Å². The van der Waals surface area contributed by atoms with Gasteiger partial charge in [-0.25, -0.2) is 40.2 Å². The van der Waals surface area contributed by atoms with Crippen LogP contribution in [-0.2, 0) is 32.9 Å². The Bertz CT molecular complexity index is 2050. The van der Waals surface area contributed by atoms with Gasteiger partial charge in [-0.3, -0.25) is 0 Å². The maximum atomic E-state index is 15.1. The van der Waals surface area contributed by atoms with Crippen molar-refractivity contribution in [2.75, 3.05) is 6.54 Å². The number of pyridine rings is 1. The van der Waals surface area contributed by atoms with Crippen molar-refractivity contribution < 1.29 is 35.1 Å². The minimum Gasteiger partial charge on any atom is -0.618 e. The van der Waals surface area contributed by atoms with Gasteiger partial charge in [-0.2, -0.15) is 9.83 Å². The molecule has 3 N–H and O–H groups in total. The van der Waals surface area contributed by atoms with Gasteiger partial charge in [-0.1, -0.05) is 26.2 Å². The van der Waals surface area contributed by atoms with E-state index in [1.165, 1.54) is 29.2 Å². The van der Waals surface area contributed by atoms with Gasteiger partial charge in [0.15, 0.2) is 22.2 Å². The number of benzene rings is 2. The van der Waals surface area contributed by atoms with Crippen molar-refractivity contribution in [2.24, 2.45) is 5.14 Å². The summed E-state index contributed by atoms with van der Waals surface area (Å²) in [6.07, 6.45) is 8.62. The molecule has 2 aliphatic rings. The van der Waals surface area contributed by atoms with Crippen LogP contribution in [0.2, 0.25) is 0 Å². The second kappa shape index (κ2) is 12.9. The minimum atomic E-state index is -4.62. The average Bonchev–Trinajstić information content (AvgIpc) is 3.57. The summed E-state index contributed by atoms with van der Waals surface area (Å²) in [4.78, 5) is -0.670. The lowest BCUT2D eigenvalue weighted by atomic mass is 9.82. The third kappa shape index (κ3) is 6.36. The molecule has 0 amide bonds. The normalized spacial score (nSPS) is 15.8. The highest BCUT2D eigenvalue weighted by Gasteiger charge is 2.40. The number of hydrogen-bond acceptors (Lipinski definition) is 7. The Morgan fingerprint density at radius 3 is 2.45 bits per heavy atom. The Kier molecular flexibility index (Phi) is 9.09. The van der Waals surface area contributed by atoms with Crippen LogP contribution < -0.4 is 19.3 Å². The second-order valence-electron chi connectivity index (χ2n) is 11.8. The van der Waals surface area contributed by atoms with Gasteiger partial charge in [-0.05, 0) is 56.4 Å². The van der Waals surface area contributed by atoms with Crippen molar-refractivity contribution in [3.05, 3.63) is 82.6 Å². The fourth-order valence-corrected chi connectivity index (χ4v) is 9.06. The zero-order valence-corrected chi connectivity index (χ0v) is 27.3. The van der Waals surface area contributed by atoms with Gasteiger partial charge in [0.25, 0.3) is 0 Å². The highest BCUT2D eigenvalue weighted by Crippen LogP contribution is 2.47. The van der Waals surface area contributed by atoms with Crippen LogP contribution in [0.25, 0.3) is 16.8 Å². The van der Waals surface area contributed by atoms with Crippen molar-refractivity contribution in [3.8, 4) is 28.3 Å². The van der Waals surface area contributed by atoms with Gasteiger partial charge in [0.2, 0.25) is 25.7 Å². The molecule has 4 aromatic rings. The molecule has 0 spiro atoms. The molecular formula is C32H35F2N5O6S2. The Hall–Kier alpha value is -3.92. The largest absolute Gasteiger partial charge is 0.618 e. The van der Waals surface area contributed by atoms with Crippen LogP contribution in [-0.4, -0.2) is 33.2 Å². The number of fused-ring (bicyclic) bond motifs is 1. The maximum absolute atomic E-state index is 15.1. The highest BCUT2D eigenvalue weighted by molar-refractivity contribution is 7.89. The zero-order chi connectivity index (χ0) is 33.5. The number of rotatable bonds is 9. The van der Waals surface area contributed by atoms with Gasteiger partial charge in [0.1, 0.15) is 16.5 Å². The monoisotopic (exact) mass is 687 g/mol. The predicted molar refractivity (Wildman–Crippen MR) is 169 cm³/mol. The van der Waals surface area contributed by atoms with E-state index in [1.54, 1.807) is 13.0 Å². The Balaban J connectivity index is 1.77. The summed E-state index contributed by atoms with van der Waals surface area (Å²) in [5, 5.41) is 24.3. The van der Waals surface area contributed by atoms with Crippen LogP contribution in [0.4, 0.5) is 8.78 Å². The number of nitrogens with two attached hydrogens (primary N) is 1. The van der Waals surface area contributed by atoms with E-state index < -0.39 is 48.2 Å². The number of nitrogens with zero attached hydrogens (tertiary/aromatic N) is 3. The van der Waals surface area contributed by atoms with Crippen molar-refractivity contribution >= 4 is 20.0 Å². The molecule has 6 rings (SSSR count). The molecule has 0 bridgehead atoms. The minimum absolute atomic E-state index is 0.0190. The fourth-order valence-electron chi connectivity index (χ4n) is 6.76. The third-order valence-corrected chi connectivity index (χ3v) is 11.3. The lowest BCUT2D eigenvalue weighted by molar-refractivity contribution is -0.627. The lowest BCUT2D eigenvalue weighted by Gasteiger charge is -2.29. The van der Waals surface area contributed by atoms with Gasteiger partial charge >= 0.3 is 0 Å². The number of ether oxygens (including phenoxy) is 1. The molecule has 2 aromatic carbocycles. The SMILES string of the molecule is CCNS(=O)(=O)c1cc(-c2c3c([n+]([O-])c(C4CCCCC4)c2S(N)(=O)=O)CCCC3)c(Oc2ccc(F)cc2F)cc1-n1cccn1. The van der Waals surface area contributed by atoms with Crippen molar-refractivity contribution in [1.29, 1.82) is 0 Å².